The molecule has 0 aromatic heterocycles. The van der Waals surface area contributed by atoms with Crippen molar-refractivity contribution in [1.29, 1.82) is 0 Å². The Morgan fingerprint density at radius 2 is 1.84 bits per heavy atom. The summed E-state index contributed by atoms with van der Waals surface area (Å²) in [5.74, 6) is 5.09. The lowest BCUT2D eigenvalue weighted by molar-refractivity contribution is -0.170. The summed E-state index contributed by atoms with van der Waals surface area (Å²) in [6.07, 6.45) is 11.5. The fraction of sp³-hybridized carbons (Fsp3) is 0.812. The van der Waals surface area contributed by atoms with Crippen molar-refractivity contribution < 1.29 is 9.53 Å². The predicted molar refractivity (Wildman–Crippen MR) is 73.2 cm³/mol. The highest BCUT2D eigenvalue weighted by atomic mass is 16.5. The lowest BCUT2D eigenvalue weighted by Crippen LogP contribution is -2.69. The zero-order valence-corrected chi connectivity index (χ0v) is 11.7. The van der Waals surface area contributed by atoms with Gasteiger partial charge < -0.3 is 4.74 Å². The molecule has 4 fully saturated rings. The van der Waals surface area contributed by atoms with E-state index in [2.05, 4.69) is 11.2 Å². The van der Waals surface area contributed by atoms with Gasteiger partial charge in [-0.1, -0.05) is 5.92 Å². The van der Waals surface area contributed by atoms with Crippen LogP contribution in [-0.4, -0.2) is 24.7 Å². The Kier molecular flexibility index (Phi) is 3.30. The van der Waals surface area contributed by atoms with Crippen molar-refractivity contribution >= 4 is 5.97 Å². The highest BCUT2D eigenvalue weighted by Crippen LogP contribution is 2.58. The highest BCUT2D eigenvalue weighted by Gasteiger charge is 2.61. The van der Waals surface area contributed by atoms with E-state index in [1.807, 2.05) is 6.92 Å². The first kappa shape index (κ1) is 13.0. The number of hydrogen-bond donors (Lipinski definition) is 1. The molecule has 104 valence electrons. The van der Waals surface area contributed by atoms with Crippen LogP contribution < -0.4 is 5.32 Å². The number of ether oxygens (including phenoxy) is 1. The summed E-state index contributed by atoms with van der Waals surface area (Å²) in [7, 11) is 0. The summed E-state index contributed by atoms with van der Waals surface area (Å²) in [6, 6.07) is 0. The van der Waals surface area contributed by atoms with Crippen LogP contribution in [0.3, 0.4) is 0 Å². The molecular formula is C16H23NO2. The maximum atomic E-state index is 12.6. The molecular weight excluding hydrogens is 238 g/mol. The quantitative estimate of drug-likeness (QED) is 0.621. The Labute approximate surface area is 115 Å². The van der Waals surface area contributed by atoms with Crippen LogP contribution in [0.5, 0.6) is 0 Å². The van der Waals surface area contributed by atoms with E-state index in [-0.39, 0.29) is 5.97 Å². The average molecular weight is 261 g/mol. The first-order chi connectivity index (χ1) is 9.20. The van der Waals surface area contributed by atoms with Crippen molar-refractivity contribution in [1.82, 2.24) is 5.32 Å². The van der Waals surface area contributed by atoms with Gasteiger partial charge in [-0.25, -0.2) is 0 Å². The normalized spacial score (nSPS) is 42.9. The van der Waals surface area contributed by atoms with Crippen LogP contribution in [0.15, 0.2) is 0 Å². The molecule has 1 N–H and O–H groups in total. The lowest BCUT2D eigenvalue weighted by atomic mass is 9.48. The minimum Gasteiger partial charge on any atom is -0.465 e. The van der Waals surface area contributed by atoms with Crippen LogP contribution in [0.25, 0.3) is 0 Å². The Hall–Kier alpha value is -1.01. The van der Waals surface area contributed by atoms with Crippen molar-refractivity contribution in [3.8, 4) is 12.3 Å². The largest absolute Gasteiger partial charge is 0.465 e. The van der Waals surface area contributed by atoms with Gasteiger partial charge in [-0.05, 0) is 62.7 Å². The third kappa shape index (κ3) is 1.89. The molecule has 0 radical (unpaired) electrons. The van der Waals surface area contributed by atoms with Gasteiger partial charge in [0, 0.05) is 0 Å². The van der Waals surface area contributed by atoms with E-state index in [1.54, 1.807) is 0 Å². The summed E-state index contributed by atoms with van der Waals surface area (Å²) < 4.78 is 5.40. The van der Waals surface area contributed by atoms with Crippen LogP contribution >= 0.6 is 0 Å². The molecule has 4 aliphatic carbocycles. The molecule has 0 heterocycles. The first-order valence-electron chi connectivity index (χ1n) is 7.56. The minimum atomic E-state index is -0.490. The molecule has 4 aliphatic rings. The fourth-order valence-corrected chi connectivity index (χ4v) is 5.07. The number of carbonyl (C=O) groups is 1. The number of nitrogens with one attached hydrogen (secondary N) is 1. The zero-order chi connectivity index (χ0) is 13.5. The lowest BCUT2D eigenvalue weighted by Gasteiger charge is -2.59. The SMILES string of the molecule is C#CCNC1(C(=O)OCC)C2CC3CC(C2)CC1C3. The van der Waals surface area contributed by atoms with Crippen LogP contribution in [0.2, 0.25) is 0 Å². The van der Waals surface area contributed by atoms with Crippen LogP contribution in [-0.2, 0) is 9.53 Å². The van der Waals surface area contributed by atoms with Crippen LogP contribution in [0, 0.1) is 36.0 Å². The summed E-state index contributed by atoms with van der Waals surface area (Å²) in [5, 5.41) is 3.40. The second kappa shape index (κ2) is 4.83. The molecule has 4 rings (SSSR count). The standard InChI is InChI=1S/C16H23NO2/c1-3-5-17-16(15(18)19-4-2)13-7-11-6-12(9-13)10-14(16)8-11/h1,11-14,17H,4-10H2,2H3. The Morgan fingerprint density at radius 1 is 1.26 bits per heavy atom. The second-order valence-corrected chi connectivity index (χ2v) is 6.45. The van der Waals surface area contributed by atoms with E-state index < -0.39 is 5.54 Å². The number of terminal acetylenes is 1. The van der Waals surface area contributed by atoms with Gasteiger partial charge in [-0.2, -0.15) is 0 Å². The Balaban J connectivity index is 1.90. The van der Waals surface area contributed by atoms with E-state index in [0.717, 1.165) is 11.8 Å². The molecule has 0 amide bonds. The van der Waals surface area contributed by atoms with Gasteiger partial charge in [0.1, 0.15) is 5.54 Å². The molecule has 0 unspecified atom stereocenters. The second-order valence-electron chi connectivity index (χ2n) is 6.45. The molecule has 0 atom stereocenters. The van der Waals surface area contributed by atoms with E-state index in [1.165, 1.54) is 32.1 Å². The molecule has 3 heteroatoms. The molecule has 19 heavy (non-hydrogen) atoms. The summed E-state index contributed by atoms with van der Waals surface area (Å²) in [4.78, 5) is 12.6. The predicted octanol–water partition coefficient (Wildman–Crippen LogP) is 1.97. The third-order valence-electron chi connectivity index (χ3n) is 5.52. The molecule has 0 aromatic carbocycles. The molecule has 0 saturated heterocycles. The fourth-order valence-electron chi connectivity index (χ4n) is 5.07. The van der Waals surface area contributed by atoms with Gasteiger partial charge in [-0.3, -0.25) is 10.1 Å². The van der Waals surface area contributed by atoms with E-state index in [4.69, 9.17) is 11.2 Å². The van der Waals surface area contributed by atoms with Crippen molar-refractivity contribution in [3.63, 3.8) is 0 Å². The van der Waals surface area contributed by atoms with E-state index in [9.17, 15) is 4.79 Å². The number of hydrogen-bond acceptors (Lipinski definition) is 3. The van der Waals surface area contributed by atoms with Gasteiger partial charge >= 0.3 is 5.97 Å². The van der Waals surface area contributed by atoms with Crippen molar-refractivity contribution in [2.24, 2.45) is 23.7 Å². The minimum absolute atomic E-state index is 0.0564. The Morgan fingerprint density at radius 3 is 2.32 bits per heavy atom. The third-order valence-corrected chi connectivity index (χ3v) is 5.52. The molecule has 3 nitrogen and oxygen atoms in total. The maximum absolute atomic E-state index is 12.6. The molecule has 0 aliphatic heterocycles. The summed E-state index contributed by atoms with van der Waals surface area (Å²) >= 11 is 0. The maximum Gasteiger partial charge on any atom is 0.326 e. The molecule has 0 spiro atoms. The first-order valence-corrected chi connectivity index (χ1v) is 7.56. The number of esters is 1. The molecule has 0 aromatic rings. The number of rotatable bonds is 4. The van der Waals surface area contributed by atoms with Gasteiger partial charge in [0.2, 0.25) is 0 Å². The summed E-state index contributed by atoms with van der Waals surface area (Å²) in [6.45, 7) is 2.79. The van der Waals surface area contributed by atoms with Crippen molar-refractivity contribution in [3.05, 3.63) is 0 Å². The summed E-state index contributed by atoms with van der Waals surface area (Å²) in [5.41, 5.74) is -0.490. The van der Waals surface area contributed by atoms with Crippen LogP contribution in [0.1, 0.15) is 39.0 Å². The Bertz CT molecular complexity index is 381. The van der Waals surface area contributed by atoms with Gasteiger partial charge in [-0.15, -0.1) is 6.42 Å². The van der Waals surface area contributed by atoms with E-state index >= 15 is 0 Å². The van der Waals surface area contributed by atoms with Gasteiger partial charge in [0.05, 0.1) is 13.2 Å². The molecule has 4 saturated carbocycles. The van der Waals surface area contributed by atoms with Crippen molar-refractivity contribution in [2.45, 2.75) is 44.6 Å². The number of carbonyl (C=O) groups excluding carboxylic acids is 1. The average Bonchev–Trinajstić information content (AvgIpc) is 2.38. The van der Waals surface area contributed by atoms with Gasteiger partial charge in [0.15, 0.2) is 0 Å². The van der Waals surface area contributed by atoms with Crippen LogP contribution in [0.4, 0.5) is 0 Å². The highest BCUT2D eigenvalue weighted by molar-refractivity contribution is 5.82. The monoisotopic (exact) mass is 261 g/mol. The topological polar surface area (TPSA) is 38.3 Å². The smallest absolute Gasteiger partial charge is 0.326 e. The zero-order valence-electron chi connectivity index (χ0n) is 11.7. The van der Waals surface area contributed by atoms with Crippen molar-refractivity contribution in [2.75, 3.05) is 13.2 Å². The van der Waals surface area contributed by atoms with E-state index in [0.29, 0.717) is 25.0 Å². The molecule has 4 bridgehead atoms. The van der Waals surface area contributed by atoms with Gasteiger partial charge in [0.25, 0.3) is 0 Å².